The Kier molecular flexibility index (Phi) is 5.52. The van der Waals surface area contributed by atoms with Crippen molar-refractivity contribution in [3.05, 3.63) is 59.7 Å². The lowest BCUT2D eigenvalue weighted by atomic mass is 10.3. The zero-order valence-corrected chi connectivity index (χ0v) is 10.9. The molecular weight excluding hydrogens is 262 g/mol. The van der Waals surface area contributed by atoms with E-state index in [9.17, 15) is 8.78 Å². The van der Waals surface area contributed by atoms with Crippen LogP contribution >= 0.6 is 0 Å². The van der Waals surface area contributed by atoms with Gasteiger partial charge in [-0.15, -0.1) is 0 Å². The molecule has 0 radical (unpaired) electrons. The molecule has 0 fully saturated rings. The van der Waals surface area contributed by atoms with Gasteiger partial charge in [0.15, 0.2) is 0 Å². The molecule has 0 unspecified atom stereocenters. The van der Waals surface area contributed by atoms with Crippen LogP contribution in [0.15, 0.2) is 36.7 Å². The first kappa shape index (κ1) is 14.5. The normalized spacial score (nSPS) is 10.7. The molecule has 6 heteroatoms. The van der Waals surface area contributed by atoms with Gasteiger partial charge in [0, 0.05) is 26.2 Å². The highest BCUT2D eigenvalue weighted by Crippen LogP contribution is 1.98. The molecule has 0 amide bonds. The summed E-state index contributed by atoms with van der Waals surface area (Å²) in [5.74, 6) is -0.663. The SMILES string of the molecule is Fc1ccc(CNCCNCc2ccc(F)cn2)nc1. The van der Waals surface area contributed by atoms with Gasteiger partial charge < -0.3 is 10.6 Å². The van der Waals surface area contributed by atoms with Crippen LogP contribution in [0, 0.1) is 11.6 Å². The highest BCUT2D eigenvalue weighted by atomic mass is 19.1. The molecule has 2 aromatic rings. The summed E-state index contributed by atoms with van der Waals surface area (Å²) in [5.41, 5.74) is 1.60. The number of pyridine rings is 2. The van der Waals surface area contributed by atoms with Crippen LogP contribution in [0.3, 0.4) is 0 Å². The molecule has 2 rings (SSSR count). The van der Waals surface area contributed by atoms with Crippen molar-refractivity contribution in [3.8, 4) is 0 Å². The monoisotopic (exact) mass is 278 g/mol. The van der Waals surface area contributed by atoms with Crippen LogP contribution in [0.5, 0.6) is 0 Å². The van der Waals surface area contributed by atoms with Gasteiger partial charge in [0.05, 0.1) is 23.8 Å². The maximum atomic E-state index is 12.6. The van der Waals surface area contributed by atoms with E-state index in [1.54, 1.807) is 12.1 Å². The molecule has 0 aliphatic rings. The van der Waals surface area contributed by atoms with Gasteiger partial charge in [-0.1, -0.05) is 0 Å². The van der Waals surface area contributed by atoms with Crippen LogP contribution < -0.4 is 10.6 Å². The Labute approximate surface area is 116 Å². The Morgan fingerprint density at radius 3 is 1.55 bits per heavy atom. The predicted molar refractivity (Wildman–Crippen MR) is 71.8 cm³/mol. The zero-order valence-electron chi connectivity index (χ0n) is 10.9. The number of hydrogen-bond acceptors (Lipinski definition) is 4. The van der Waals surface area contributed by atoms with E-state index in [1.165, 1.54) is 24.5 Å². The van der Waals surface area contributed by atoms with E-state index in [-0.39, 0.29) is 11.6 Å². The summed E-state index contributed by atoms with van der Waals surface area (Å²) in [6.45, 7) is 2.69. The standard InChI is InChI=1S/C14H16F2N4/c15-11-1-3-13(19-7-11)9-17-5-6-18-10-14-4-2-12(16)8-20-14/h1-4,7-8,17-18H,5-6,9-10H2. The van der Waals surface area contributed by atoms with E-state index in [0.29, 0.717) is 13.1 Å². The Morgan fingerprint density at radius 2 is 1.20 bits per heavy atom. The average Bonchev–Trinajstić information content (AvgIpc) is 2.46. The largest absolute Gasteiger partial charge is 0.310 e. The fourth-order valence-electron chi connectivity index (χ4n) is 1.63. The van der Waals surface area contributed by atoms with Gasteiger partial charge in [0.2, 0.25) is 0 Å². The van der Waals surface area contributed by atoms with Crippen LogP contribution in [0.2, 0.25) is 0 Å². The number of aromatic nitrogens is 2. The molecule has 0 saturated carbocycles. The van der Waals surface area contributed by atoms with Crippen molar-refractivity contribution in [2.75, 3.05) is 13.1 Å². The van der Waals surface area contributed by atoms with E-state index in [1.807, 2.05) is 0 Å². The Morgan fingerprint density at radius 1 is 0.750 bits per heavy atom. The Bertz CT molecular complexity index is 464. The van der Waals surface area contributed by atoms with Gasteiger partial charge >= 0.3 is 0 Å². The number of hydrogen-bond donors (Lipinski definition) is 2. The minimum absolute atomic E-state index is 0.331. The van der Waals surface area contributed by atoms with Crippen molar-refractivity contribution in [1.29, 1.82) is 0 Å². The molecule has 106 valence electrons. The third-order valence-corrected chi connectivity index (χ3v) is 2.67. The van der Waals surface area contributed by atoms with Gasteiger partial charge in [0.25, 0.3) is 0 Å². The molecule has 20 heavy (non-hydrogen) atoms. The number of nitrogens with one attached hydrogen (secondary N) is 2. The fourth-order valence-corrected chi connectivity index (χ4v) is 1.63. The number of halogens is 2. The summed E-state index contributed by atoms with van der Waals surface area (Å²) in [6.07, 6.45) is 2.41. The zero-order chi connectivity index (χ0) is 14.2. The molecule has 0 saturated heterocycles. The molecule has 2 N–H and O–H groups in total. The van der Waals surface area contributed by atoms with Crippen molar-refractivity contribution in [2.24, 2.45) is 0 Å². The molecule has 4 nitrogen and oxygen atoms in total. The first-order valence-electron chi connectivity index (χ1n) is 6.36. The molecule has 0 bridgehead atoms. The second kappa shape index (κ2) is 7.62. The summed E-state index contributed by atoms with van der Waals surface area (Å²) in [7, 11) is 0. The summed E-state index contributed by atoms with van der Waals surface area (Å²) in [5, 5.41) is 6.38. The molecule has 2 aromatic heterocycles. The van der Waals surface area contributed by atoms with Crippen molar-refractivity contribution in [1.82, 2.24) is 20.6 Å². The van der Waals surface area contributed by atoms with E-state index >= 15 is 0 Å². The third-order valence-electron chi connectivity index (χ3n) is 2.67. The summed E-state index contributed by atoms with van der Waals surface area (Å²) >= 11 is 0. The van der Waals surface area contributed by atoms with E-state index in [0.717, 1.165) is 24.5 Å². The van der Waals surface area contributed by atoms with E-state index in [2.05, 4.69) is 20.6 Å². The lowest BCUT2D eigenvalue weighted by Gasteiger charge is -2.06. The molecule has 0 spiro atoms. The molecule has 0 aliphatic carbocycles. The lowest BCUT2D eigenvalue weighted by Crippen LogP contribution is -2.27. The quantitative estimate of drug-likeness (QED) is 0.756. The smallest absolute Gasteiger partial charge is 0.141 e. The van der Waals surface area contributed by atoms with Crippen molar-refractivity contribution in [2.45, 2.75) is 13.1 Å². The Balaban J connectivity index is 1.57. The highest BCUT2D eigenvalue weighted by molar-refractivity contribution is 5.05. The molecular formula is C14H16F2N4. The van der Waals surface area contributed by atoms with Crippen molar-refractivity contribution in [3.63, 3.8) is 0 Å². The van der Waals surface area contributed by atoms with Crippen LogP contribution in [0.1, 0.15) is 11.4 Å². The van der Waals surface area contributed by atoms with Crippen LogP contribution in [-0.4, -0.2) is 23.1 Å². The van der Waals surface area contributed by atoms with Crippen molar-refractivity contribution >= 4 is 0 Å². The number of nitrogens with zero attached hydrogens (tertiary/aromatic N) is 2. The maximum Gasteiger partial charge on any atom is 0.141 e. The second-order valence-corrected chi connectivity index (χ2v) is 4.29. The van der Waals surface area contributed by atoms with Crippen molar-refractivity contribution < 1.29 is 8.78 Å². The van der Waals surface area contributed by atoms with E-state index in [4.69, 9.17) is 0 Å². The van der Waals surface area contributed by atoms with Gasteiger partial charge in [-0.25, -0.2) is 8.78 Å². The first-order chi connectivity index (χ1) is 9.74. The third kappa shape index (κ3) is 4.99. The fraction of sp³-hybridized carbons (Fsp3) is 0.286. The molecule has 0 aromatic carbocycles. The molecule has 2 heterocycles. The predicted octanol–water partition coefficient (Wildman–Crippen LogP) is 1.63. The maximum absolute atomic E-state index is 12.6. The van der Waals surface area contributed by atoms with Crippen LogP contribution in [-0.2, 0) is 13.1 Å². The number of rotatable bonds is 7. The van der Waals surface area contributed by atoms with E-state index < -0.39 is 0 Å². The van der Waals surface area contributed by atoms with Gasteiger partial charge in [-0.3, -0.25) is 9.97 Å². The summed E-state index contributed by atoms with van der Waals surface area (Å²) in [6, 6.07) is 6.08. The minimum atomic E-state index is -0.331. The summed E-state index contributed by atoms with van der Waals surface area (Å²) < 4.78 is 25.3. The highest BCUT2D eigenvalue weighted by Gasteiger charge is 1.96. The second-order valence-electron chi connectivity index (χ2n) is 4.29. The van der Waals surface area contributed by atoms with Gasteiger partial charge in [-0.2, -0.15) is 0 Å². The van der Waals surface area contributed by atoms with Gasteiger partial charge in [0.1, 0.15) is 11.6 Å². The average molecular weight is 278 g/mol. The lowest BCUT2D eigenvalue weighted by molar-refractivity contribution is 0.589. The molecule has 0 atom stereocenters. The van der Waals surface area contributed by atoms with Gasteiger partial charge in [-0.05, 0) is 24.3 Å². The first-order valence-corrected chi connectivity index (χ1v) is 6.36. The van der Waals surface area contributed by atoms with Crippen LogP contribution in [0.25, 0.3) is 0 Å². The topological polar surface area (TPSA) is 49.8 Å². The Hall–Kier alpha value is -1.92. The minimum Gasteiger partial charge on any atom is -0.310 e. The van der Waals surface area contributed by atoms with Crippen LogP contribution in [0.4, 0.5) is 8.78 Å². The molecule has 0 aliphatic heterocycles. The summed E-state index contributed by atoms with van der Waals surface area (Å²) in [4.78, 5) is 7.90.